The number of thiazole rings is 2. The van der Waals surface area contributed by atoms with Crippen LogP contribution in [0.1, 0.15) is 42.8 Å². The first-order valence-corrected chi connectivity index (χ1v) is 24.8. The number of benzene rings is 2. The van der Waals surface area contributed by atoms with Gasteiger partial charge >= 0.3 is 12.1 Å². The summed E-state index contributed by atoms with van der Waals surface area (Å²) in [4.78, 5) is 47.0. The summed E-state index contributed by atoms with van der Waals surface area (Å²) in [6.45, 7) is 2.09. The lowest BCUT2D eigenvalue weighted by Gasteiger charge is -2.26. The van der Waals surface area contributed by atoms with Gasteiger partial charge < -0.3 is 30.6 Å². The van der Waals surface area contributed by atoms with Gasteiger partial charge in [0.05, 0.1) is 72.6 Å². The highest BCUT2D eigenvalue weighted by atomic mass is 35.5. The van der Waals surface area contributed by atoms with Crippen molar-refractivity contribution in [3.05, 3.63) is 136 Å². The number of carbonyl (C=O) groups excluding carboxylic acids is 2. The molecule has 0 aliphatic carbocycles. The van der Waals surface area contributed by atoms with Crippen LogP contribution in [0.15, 0.2) is 91.8 Å². The highest BCUT2D eigenvalue weighted by Crippen LogP contribution is 2.31. The fraction of sp³-hybridized carbons (Fsp3) is 0.298. The van der Waals surface area contributed by atoms with E-state index in [1.807, 2.05) is 12.1 Å². The molecular formula is C47H51Cl5F2N10O6S2. The molecule has 2 aliphatic rings. The average Bonchev–Trinajstić information content (AvgIpc) is 4.13. The number of anilines is 2. The Morgan fingerprint density at radius 3 is 1.72 bits per heavy atom. The van der Waals surface area contributed by atoms with E-state index < -0.39 is 12.2 Å². The van der Waals surface area contributed by atoms with Gasteiger partial charge in [0.25, 0.3) is 0 Å². The number of rotatable bonds is 10. The number of halogens is 7. The van der Waals surface area contributed by atoms with Crippen molar-refractivity contribution in [3.63, 3.8) is 0 Å². The van der Waals surface area contributed by atoms with Crippen LogP contribution < -0.4 is 16.0 Å². The maximum atomic E-state index is 13.3. The van der Waals surface area contributed by atoms with Crippen molar-refractivity contribution in [3.8, 4) is 0 Å². The first-order chi connectivity index (χ1) is 33.8. The van der Waals surface area contributed by atoms with Crippen LogP contribution >= 0.6 is 81.5 Å². The van der Waals surface area contributed by atoms with Crippen molar-refractivity contribution in [1.29, 1.82) is 0 Å². The van der Waals surface area contributed by atoms with E-state index in [2.05, 4.69) is 46.9 Å². The van der Waals surface area contributed by atoms with Gasteiger partial charge in [-0.3, -0.25) is 25.2 Å². The summed E-state index contributed by atoms with van der Waals surface area (Å²) in [7, 11) is 0. The number of imidazole rings is 1. The lowest BCUT2D eigenvalue weighted by molar-refractivity contribution is 0.0954. The minimum atomic E-state index is -0.848. The number of alkyl halides is 2. The Bertz CT molecular complexity index is 2930. The van der Waals surface area contributed by atoms with Crippen molar-refractivity contribution < 1.29 is 38.8 Å². The summed E-state index contributed by atoms with van der Waals surface area (Å²) in [5, 5.41) is 47.5. The van der Waals surface area contributed by atoms with E-state index >= 15 is 0 Å². The summed E-state index contributed by atoms with van der Waals surface area (Å²) in [5.41, 5.74) is 6.44. The van der Waals surface area contributed by atoms with Crippen molar-refractivity contribution in [2.24, 2.45) is 0 Å². The molecular weight excluding hydrogens is 1080 g/mol. The van der Waals surface area contributed by atoms with Gasteiger partial charge in [0.1, 0.15) is 18.0 Å². The highest BCUT2D eigenvalue weighted by molar-refractivity contribution is 7.22. The Hall–Kier alpha value is -4.94. The standard InChI is InChI=1S/C21H20ClFN4O3S.C13H17ClN2O2.C11H7FN4OS.CH2Cl2.CH4.ClH/c22-16-8-12(7-15(29)11-28)10-24-19(16)13-3-5-27(6-4-13)21(30)26-20-25-17-2-1-14(23)9-18(17)31-20;14-12-6-9(5-11(18)8-17)7-16-13(12)10-1-3-15-4-2-10;12-7-1-2-8-9(5-7)18-10(14-8)15-11(17)16-4-3-13-6-16;2-1-3;;/h1-3,8-10,15,28-29H,4-7,11H2,(H,25,26,30);1,6-7,11,15,17-18H,2-5,8H2;1-6H,(H,14,15,17);1H2;1H4;1H/t15-;11-;;;;/m11..../s1. The van der Waals surface area contributed by atoms with Crippen molar-refractivity contribution >= 4 is 135 Å². The first-order valence-electron chi connectivity index (χ1n) is 21.3. The Kier molecular flexibility index (Phi) is 24.6. The topological polar surface area (TPSA) is 224 Å². The van der Waals surface area contributed by atoms with E-state index in [0.29, 0.717) is 72.4 Å². The highest BCUT2D eigenvalue weighted by Gasteiger charge is 2.22. The molecule has 2 aliphatic heterocycles. The molecule has 2 atom stereocenters. The van der Waals surface area contributed by atoms with E-state index in [1.165, 1.54) is 70.2 Å². The van der Waals surface area contributed by atoms with E-state index in [9.17, 15) is 28.6 Å². The fourth-order valence-corrected chi connectivity index (χ4v) is 9.22. The second-order valence-corrected chi connectivity index (χ2v) is 18.9. The van der Waals surface area contributed by atoms with Gasteiger partial charge in [0.2, 0.25) is 0 Å². The summed E-state index contributed by atoms with van der Waals surface area (Å²) in [5.74, 6) is -0.661. The predicted octanol–water partition coefficient (Wildman–Crippen LogP) is 9.90. The summed E-state index contributed by atoms with van der Waals surface area (Å²) in [6, 6.07) is 11.5. The molecule has 2 aromatic carbocycles. The lowest BCUT2D eigenvalue weighted by Crippen LogP contribution is -2.37. The number of nitrogens with zero attached hydrogens (tertiary/aromatic N) is 7. The van der Waals surface area contributed by atoms with Gasteiger partial charge in [-0.15, -0.1) is 35.6 Å². The molecule has 9 rings (SSSR count). The molecule has 16 nitrogen and oxygen atoms in total. The molecule has 72 heavy (non-hydrogen) atoms. The zero-order valence-electron chi connectivity index (χ0n) is 37.3. The molecule has 3 amide bonds. The molecule has 5 aromatic heterocycles. The minimum absolute atomic E-state index is 0. The maximum Gasteiger partial charge on any atom is 0.333 e. The van der Waals surface area contributed by atoms with Crippen molar-refractivity contribution in [2.75, 3.05) is 55.4 Å². The minimum Gasteiger partial charge on any atom is -0.394 e. The number of aliphatic hydroxyl groups is 4. The monoisotopic (exact) mass is 1130 g/mol. The number of carbonyl (C=O) groups is 2. The number of nitrogens with one attached hydrogen (secondary N) is 3. The molecule has 7 aromatic rings. The Labute approximate surface area is 447 Å². The Morgan fingerprint density at radius 2 is 1.29 bits per heavy atom. The quantitative estimate of drug-likeness (QED) is 0.0636. The van der Waals surface area contributed by atoms with E-state index in [-0.39, 0.29) is 68.5 Å². The molecule has 0 saturated heterocycles. The lowest BCUT2D eigenvalue weighted by atomic mass is 10.0. The number of aromatic nitrogens is 6. The largest absolute Gasteiger partial charge is 0.394 e. The van der Waals surface area contributed by atoms with Crippen LogP contribution in [0.3, 0.4) is 0 Å². The fourth-order valence-electron chi connectivity index (χ4n) is 6.84. The molecule has 0 bridgehead atoms. The second kappa shape index (κ2) is 29.7. The zero-order chi connectivity index (χ0) is 50.2. The summed E-state index contributed by atoms with van der Waals surface area (Å²) in [6.07, 6.45) is 12.3. The van der Waals surface area contributed by atoms with Crippen LogP contribution in [0.5, 0.6) is 0 Å². The van der Waals surface area contributed by atoms with Crippen LogP contribution in [-0.2, 0) is 12.8 Å². The van der Waals surface area contributed by atoms with Gasteiger partial charge in [-0.05, 0) is 90.2 Å². The molecule has 0 spiro atoms. The van der Waals surface area contributed by atoms with Crippen molar-refractivity contribution in [1.82, 2.24) is 39.7 Å². The van der Waals surface area contributed by atoms with E-state index in [4.69, 9.17) is 56.6 Å². The smallest absolute Gasteiger partial charge is 0.333 e. The third-order valence-electron chi connectivity index (χ3n) is 10.2. The predicted molar refractivity (Wildman–Crippen MR) is 287 cm³/mol. The Balaban J connectivity index is 0.000000237. The molecule has 0 saturated carbocycles. The number of urea groups is 1. The number of aliphatic hydroxyl groups excluding tert-OH is 4. The van der Waals surface area contributed by atoms with Crippen molar-refractivity contribution in [2.45, 2.75) is 45.3 Å². The molecule has 0 unspecified atom stereocenters. The third-order valence-corrected chi connectivity index (χ3v) is 12.6. The number of amides is 3. The van der Waals surface area contributed by atoms with E-state index in [0.717, 1.165) is 47.5 Å². The van der Waals surface area contributed by atoms with Gasteiger partial charge in [-0.2, -0.15) is 0 Å². The normalized spacial score (nSPS) is 13.8. The van der Waals surface area contributed by atoms with Crippen LogP contribution in [0.2, 0.25) is 10.0 Å². The average molecular weight is 1130 g/mol. The number of hydrogen-bond donors (Lipinski definition) is 7. The van der Waals surface area contributed by atoms with Gasteiger partial charge in [-0.25, -0.2) is 33.3 Å². The molecule has 0 fully saturated rings. The summed E-state index contributed by atoms with van der Waals surface area (Å²) < 4.78 is 29.0. The number of pyridine rings is 2. The van der Waals surface area contributed by atoms with Crippen LogP contribution in [-0.4, -0.2) is 124 Å². The van der Waals surface area contributed by atoms with Crippen LogP contribution in [0.4, 0.5) is 28.6 Å². The zero-order valence-corrected chi connectivity index (χ0v) is 42.8. The second-order valence-electron chi connectivity index (χ2n) is 15.2. The van der Waals surface area contributed by atoms with Gasteiger partial charge in [0.15, 0.2) is 10.3 Å². The van der Waals surface area contributed by atoms with Crippen LogP contribution in [0, 0.1) is 11.6 Å². The molecule has 386 valence electrons. The van der Waals surface area contributed by atoms with Gasteiger partial charge in [0, 0.05) is 57.3 Å². The van der Waals surface area contributed by atoms with E-state index in [1.54, 1.807) is 35.5 Å². The maximum absolute atomic E-state index is 13.3. The number of fused-ring (bicyclic) bond motifs is 2. The molecule has 7 N–H and O–H groups in total. The molecule has 7 heterocycles. The summed E-state index contributed by atoms with van der Waals surface area (Å²) >= 11 is 24.6. The SMILES string of the molecule is C.Cl.ClCCl.O=C(Nc1nc2ccc(F)cc2s1)N1CC=C(c2ncc(C[C@@H](O)CO)cc2Cl)CC1.O=C(Nc1nc2ccc(F)cc2s1)n1ccnc1.OC[C@H](O)Cc1cnc(C2=CCNCC2)c(Cl)c1. The van der Waals surface area contributed by atoms with Crippen LogP contribution in [0.25, 0.3) is 31.6 Å². The third kappa shape index (κ3) is 17.3. The first kappa shape index (κ1) is 59.6. The Morgan fingerprint density at radius 1 is 0.778 bits per heavy atom. The van der Waals surface area contributed by atoms with Gasteiger partial charge in [-0.1, -0.05) is 65.5 Å². The molecule has 0 radical (unpaired) electrons. The number of hydrogen-bond acceptors (Lipinski definition) is 14. The molecule has 25 heteroatoms.